The molecule has 1 saturated heterocycles. The summed E-state index contributed by atoms with van der Waals surface area (Å²) >= 11 is 0. The third-order valence-corrected chi connectivity index (χ3v) is 4.58. The number of aromatic nitrogens is 4. The number of hydrogen-bond donors (Lipinski definition) is 4. The number of ether oxygens (including phenoxy) is 1. The van der Waals surface area contributed by atoms with Gasteiger partial charge in [-0.3, -0.25) is 9.40 Å². The molecule has 0 amide bonds. The highest BCUT2D eigenvalue weighted by Gasteiger charge is 2.45. The summed E-state index contributed by atoms with van der Waals surface area (Å²) in [6, 6.07) is 0. The molecule has 1 aliphatic heterocycles. The number of aryl methyl sites for hydroxylation is 1. The van der Waals surface area contributed by atoms with Crippen LogP contribution in [0.1, 0.15) is 25.4 Å². The molecule has 0 spiro atoms. The topological polar surface area (TPSA) is 158 Å². The van der Waals surface area contributed by atoms with Gasteiger partial charge in [-0.15, -0.1) is 0 Å². The van der Waals surface area contributed by atoms with Gasteiger partial charge in [-0.2, -0.15) is 5.06 Å². The average molecular weight is 381 g/mol. The van der Waals surface area contributed by atoms with Crippen molar-refractivity contribution in [1.82, 2.24) is 24.6 Å². The third-order valence-electron chi connectivity index (χ3n) is 4.58. The van der Waals surface area contributed by atoms with Crippen molar-refractivity contribution in [2.75, 3.05) is 32.5 Å². The Balaban J connectivity index is 1.82. The molecule has 11 heteroatoms. The Kier molecular flexibility index (Phi) is 6.19. The van der Waals surface area contributed by atoms with E-state index in [1.165, 1.54) is 6.33 Å². The number of rotatable bonds is 8. The zero-order valence-electron chi connectivity index (χ0n) is 15.5. The van der Waals surface area contributed by atoms with Crippen molar-refractivity contribution < 1.29 is 19.8 Å². The monoisotopic (exact) mass is 381 g/mol. The summed E-state index contributed by atoms with van der Waals surface area (Å²) in [4.78, 5) is 18.2. The van der Waals surface area contributed by atoms with E-state index >= 15 is 0 Å². The first-order valence-corrected chi connectivity index (χ1v) is 9.00. The highest BCUT2D eigenvalue weighted by Crippen LogP contribution is 2.34. The van der Waals surface area contributed by atoms with Crippen LogP contribution in [0.5, 0.6) is 0 Å². The molecule has 0 aliphatic carbocycles. The van der Waals surface area contributed by atoms with Crippen LogP contribution in [0.25, 0.3) is 11.2 Å². The van der Waals surface area contributed by atoms with Crippen LogP contribution >= 0.6 is 0 Å². The van der Waals surface area contributed by atoms with Crippen LogP contribution in [0.3, 0.4) is 0 Å². The molecular formula is C16H27N7O4. The molecule has 0 bridgehead atoms. The number of nitrogens with zero attached hydrogens (tertiary/aromatic N) is 5. The molecule has 1 fully saturated rings. The lowest BCUT2D eigenvalue weighted by atomic mass is 10.1. The molecular weight excluding hydrogens is 354 g/mol. The van der Waals surface area contributed by atoms with Crippen molar-refractivity contribution in [2.45, 2.75) is 44.3 Å². The van der Waals surface area contributed by atoms with E-state index in [0.29, 0.717) is 36.6 Å². The van der Waals surface area contributed by atoms with Gasteiger partial charge in [0.15, 0.2) is 23.2 Å². The number of fused-ring (bicyclic) bond motifs is 1. The van der Waals surface area contributed by atoms with Gasteiger partial charge in [0.05, 0.1) is 13.2 Å². The second-order valence-electron chi connectivity index (χ2n) is 6.51. The maximum absolute atomic E-state index is 10.6. The average Bonchev–Trinajstić information content (AvgIpc) is 3.15. The Labute approximate surface area is 156 Å². The van der Waals surface area contributed by atoms with E-state index in [1.54, 1.807) is 16.7 Å². The number of hydrogen-bond acceptors (Lipinski definition) is 10. The Morgan fingerprint density at radius 2 is 2.11 bits per heavy atom. The summed E-state index contributed by atoms with van der Waals surface area (Å²) in [6.45, 7) is 3.22. The SMILES string of the molecule is CCc1nc2c(N)ncnc2n1[C@@H]1O[C@H](CN(C)OCCCN)[C@@H](O)[C@H]1O. The van der Waals surface area contributed by atoms with E-state index in [1.807, 2.05) is 6.92 Å². The number of likely N-dealkylation sites (N-methyl/N-ethyl adjacent to an activating group) is 1. The van der Waals surface area contributed by atoms with Crippen LogP contribution in [-0.2, 0) is 16.0 Å². The number of aliphatic hydroxyl groups is 2. The molecule has 1 aliphatic rings. The number of aliphatic hydroxyl groups excluding tert-OH is 2. The number of nitrogen functional groups attached to an aromatic ring is 1. The summed E-state index contributed by atoms with van der Waals surface area (Å²) in [7, 11) is 1.74. The number of anilines is 1. The summed E-state index contributed by atoms with van der Waals surface area (Å²) < 4.78 is 7.65. The van der Waals surface area contributed by atoms with Crippen molar-refractivity contribution in [2.24, 2.45) is 5.73 Å². The van der Waals surface area contributed by atoms with Crippen molar-refractivity contribution in [3.05, 3.63) is 12.2 Å². The van der Waals surface area contributed by atoms with Crippen molar-refractivity contribution in [1.29, 1.82) is 0 Å². The van der Waals surface area contributed by atoms with E-state index < -0.39 is 24.5 Å². The molecule has 0 radical (unpaired) electrons. The zero-order valence-corrected chi connectivity index (χ0v) is 15.5. The molecule has 4 atom stereocenters. The predicted molar refractivity (Wildman–Crippen MR) is 97.3 cm³/mol. The Bertz CT molecular complexity index is 771. The third kappa shape index (κ3) is 3.88. The van der Waals surface area contributed by atoms with Crippen LogP contribution in [0, 0.1) is 0 Å². The fourth-order valence-electron chi connectivity index (χ4n) is 3.19. The molecule has 11 nitrogen and oxygen atoms in total. The van der Waals surface area contributed by atoms with Crippen molar-refractivity contribution >= 4 is 17.0 Å². The fraction of sp³-hybridized carbons (Fsp3) is 0.688. The van der Waals surface area contributed by atoms with Gasteiger partial charge in [0.1, 0.15) is 30.5 Å². The molecule has 3 heterocycles. The lowest BCUT2D eigenvalue weighted by Gasteiger charge is -2.22. The standard InChI is InChI=1S/C16H27N7O4/c1-3-10-21-11-14(18)19-8-20-15(11)23(10)16-13(25)12(24)9(27-16)7-22(2)26-6-4-5-17/h8-9,12-13,16,24-25H,3-7,17H2,1-2H3,(H2,18,19,20)/t9-,12-,13-,16-/m1/s1. The van der Waals surface area contributed by atoms with E-state index in [0.717, 1.165) is 6.42 Å². The van der Waals surface area contributed by atoms with Crippen molar-refractivity contribution in [3.63, 3.8) is 0 Å². The normalized spacial score (nSPS) is 25.7. The maximum Gasteiger partial charge on any atom is 0.167 e. The van der Waals surface area contributed by atoms with Crippen LogP contribution < -0.4 is 11.5 Å². The van der Waals surface area contributed by atoms with Gasteiger partial charge in [-0.05, 0) is 13.0 Å². The Morgan fingerprint density at radius 3 is 2.81 bits per heavy atom. The van der Waals surface area contributed by atoms with Gasteiger partial charge in [0.25, 0.3) is 0 Å². The molecule has 0 saturated carbocycles. The van der Waals surface area contributed by atoms with Gasteiger partial charge in [0, 0.05) is 13.5 Å². The second-order valence-corrected chi connectivity index (χ2v) is 6.51. The summed E-state index contributed by atoms with van der Waals surface area (Å²) in [6.07, 6.45) is -1.07. The van der Waals surface area contributed by atoms with Crippen LogP contribution in [0.15, 0.2) is 6.33 Å². The number of hydroxylamine groups is 2. The molecule has 27 heavy (non-hydrogen) atoms. The quantitative estimate of drug-likeness (QED) is 0.323. The minimum atomic E-state index is -1.15. The van der Waals surface area contributed by atoms with E-state index in [4.69, 9.17) is 21.0 Å². The molecule has 0 unspecified atom stereocenters. The highest BCUT2D eigenvalue weighted by atomic mass is 16.7. The lowest BCUT2D eigenvalue weighted by molar-refractivity contribution is -0.168. The summed E-state index contributed by atoms with van der Waals surface area (Å²) in [5.41, 5.74) is 12.3. The first-order valence-electron chi connectivity index (χ1n) is 9.00. The Hall–Kier alpha value is -1.89. The maximum atomic E-state index is 10.6. The zero-order chi connectivity index (χ0) is 19.6. The minimum Gasteiger partial charge on any atom is -0.387 e. The van der Waals surface area contributed by atoms with Gasteiger partial charge >= 0.3 is 0 Å². The number of imidazole rings is 1. The molecule has 3 rings (SSSR count). The highest BCUT2D eigenvalue weighted by molar-refractivity contribution is 5.81. The second kappa shape index (κ2) is 8.42. The molecule has 2 aromatic rings. The van der Waals surface area contributed by atoms with E-state index in [9.17, 15) is 10.2 Å². The summed E-state index contributed by atoms with van der Waals surface area (Å²) in [5, 5.41) is 22.6. The minimum absolute atomic E-state index is 0.256. The van der Waals surface area contributed by atoms with Crippen LogP contribution in [0.2, 0.25) is 0 Å². The predicted octanol–water partition coefficient (Wildman–Crippen LogP) is -1.20. The Morgan fingerprint density at radius 1 is 1.33 bits per heavy atom. The van der Waals surface area contributed by atoms with Crippen LogP contribution in [0.4, 0.5) is 5.82 Å². The first-order chi connectivity index (χ1) is 13.0. The molecule has 6 N–H and O–H groups in total. The molecule has 150 valence electrons. The van der Waals surface area contributed by atoms with Gasteiger partial charge < -0.3 is 26.4 Å². The summed E-state index contributed by atoms with van der Waals surface area (Å²) in [5.74, 6) is 0.896. The molecule has 2 aromatic heterocycles. The van der Waals surface area contributed by atoms with Gasteiger partial charge in [0.2, 0.25) is 0 Å². The fourth-order valence-corrected chi connectivity index (χ4v) is 3.19. The smallest absolute Gasteiger partial charge is 0.167 e. The first kappa shape index (κ1) is 19.9. The van der Waals surface area contributed by atoms with Gasteiger partial charge in [-0.25, -0.2) is 15.0 Å². The largest absolute Gasteiger partial charge is 0.387 e. The number of nitrogens with two attached hydrogens (primary N) is 2. The van der Waals surface area contributed by atoms with E-state index in [2.05, 4.69) is 15.0 Å². The van der Waals surface area contributed by atoms with Crippen molar-refractivity contribution in [3.8, 4) is 0 Å². The van der Waals surface area contributed by atoms with Gasteiger partial charge in [-0.1, -0.05) is 6.92 Å². The molecule has 0 aromatic carbocycles. The lowest BCUT2D eigenvalue weighted by Crippen LogP contribution is -2.38. The van der Waals surface area contributed by atoms with Crippen LogP contribution in [-0.4, -0.2) is 79.9 Å². The van der Waals surface area contributed by atoms with E-state index in [-0.39, 0.29) is 12.4 Å².